The van der Waals surface area contributed by atoms with Gasteiger partial charge in [-0.3, -0.25) is 19.3 Å². The van der Waals surface area contributed by atoms with Gasteiger partial charge >= 0.3 is 0 Å². The summed E-state index contributed by atoms with van der Waals surface area (Å²) in [5, 5.41) is 1.77. The molecular weight excluding hydrogens is 471 g/mol. The van der Waals surface area contributed by atoms with Gasteiger partial charge in [0.05, 0.1) is 23.6 Å². The number of nitrogens with zero attached hydrogens (tertiary/aromatic N) is 1. The predicted octanol–water partition coefficient (Wildman–Crippen LogP) is 5.34. The van der Waals surface area contributed by atoms with Crippen molar-refractivity contribution in [1.82, 2.24) is 4.90 Å². The maximum Gasteiger partial charge on any atom is 0.294 e. The van der Waals surface area contributed by atoms with Crippen molar-refractivity contribution in [3.63, 3.8) is 0 Å². The summed E-state index contributed by atoms with van der Waals surface area (Å²) in [5.41, 5.74) is 0.896. The maximum absolute atomic E-state index is 13.3. The number of methoxy groups -OCH3 is 1. The Kier molecular flexibility index (Phi) is 8.35. The van der Waals surface area contributed by atoms with Gasteiger partial charge < -0.3 is 14.8 Å². The number of imide groups is 1. The van der Waals surface area contributed by atoms with Crippen LogP contribution >= 0.6 is 23.4 Å². The lowest BCUT2D eigenvalue weighted by molar-refractivity contribution is -0.127. The Balaban J connectivity index is 1.68. The fourth-order valence-electron chi connectivity index (χ4n) is 2.93. The molecule has 174 valence electrons. The number of carbonyl (C=O) groups excluding carboxylic acids is 3. The molecule has 0 atom stereocenters. The zero-order chi connectivity index (χ0) is 24.0. The van der Waals surface area contributed by atoms with Crippen LogP contribution in [0.25, 0.3) is 6.08 Å². The van der Waals surface area contributed by atoms with Crippen LogP contribution in [0.4, 0.5) is 14.9 Å². The summed E-state index contributed by atoms with van der Waals surface area (Å²) in [6.45, 7) is 2.15. The SMILES string of the molecule is CCCCOc1ccc(/C=C2\SC(=O)N(CC(=O)Nc3ccc(F)c(Cl)c3)C2=O)cc1OC. The van der Waals surface area contributed by atoms with E-state index in [1.54, 1.807) is 24.3 Å². The molecule has 1 aliphatic rings. The number of hydrogen-bond donors (Lipinski definition) is 1. The molecule has 1 heterocycles. The quantitative estimate of drug-likeness (QED) is 0.375. The highest BCUT2D eigenvalue weighted by Gasteiger charge is 2.36. The van der Waals surface area contributed by atoms with Gasteiger partial charge in [-0.05, 0) is 60.2 Å². The van der Waals surface area contributed by atoms with Crippen molar-refractivity contribution >= 4 is 52.2 Å². The van der Waals surface area contributed by atoms with E-state index in [1.165, 1.54) is 19.2 Å². The Labute approximate surface area is 199 Å². The molecule has 1 fully saturated rings. The summed E-state index contributed by atoms with van der Waals surface area (Å²) < 4.78 is 24.3. The first kappa shape index (κ1) is 24.6. The van der Waals surface area contributed by atoms with Crippen LogP contribution in [0.1, 0.15) is 25.3 Å². The lowest BCUT2D eigenvalue weighted by Gasteiger charge is -2.13. The van der Waals surface area contributed by atoms with Crippen LogP contribution in [-0.2, 0) is 9.59 Å². The van der Waals surface area contributed by atoms with Crippen molar-refractivity contribution in [2.75, 3.05) is 25.6 Å². The Morgan fingerprint density at radius 3 is 2.70 bits per heavy atom. The minimum absolute atomic E-state index is 0.154. The van der Waals surface area contributed by atoms with E-state index >= 15 is 0 Å². The Hall–Kier alpha value is -3.04. The second-order valence-electron chi connectivity index (χ2n) is 7.06. The maximum atomic E-state index is 13.3. The highest BCUT2D eigenvalue weighted by atomic mass is 35.5. The van der Waals surface area contributed by atoms with Crippen LogP contribution in [0, 0.1) is 5.82 Å². The molecule has 3 amide bonds. The lowest BCUT2D eigenvalue weighted by atomic mass is 10.2. The molecule has 0 radical (unpaired) electrons. The first-order valence-corrected chi connectivity index (χ1v) is 11.3. The Bertz CT molecular complexity index is 1110. The minimum Gasteiger partial charge on any atom is -0.493 e. The van der Waals surface area contributed by atoms with Crippen molar-refractivity contribution < 1.29 is 28.2 Å². The highest BCUT2D eigenvalue weighted by molar-refractivity contribution is 8.18. The van der Waals surface area contributed by atoms with Crippen molar-refractivity contribution in [1.29, 1.82) is 0 Å². The smallest absolute Gasteiger partial charge is 0.294 e. The molecule has 0 unspecified atom stereocenters. The molecule has 2 aromatic rings. The molecule has 0 spiro atoms. The number of carbonyl (C=O) groups is 3. The number of amides is 3. The van der Waals surface area contributed by atoms with Gasteiger partial charge in [0, 0.05) is 5.69 Å². The number of hydrogen-bond acceptors (Lipinski definition) is 6. The van der Waals surface area contributed by atoms with E-state index in [2.05, 4.69) is 12.2 Å². The van der Waals surface area contributed by atoms with Crippen molar-refractivity contribution in [3.05, 3.63) is 57.7 Å². The second-order valence-corrected chi connectivity index (χ2v) is 8.46. The first-order valence-electron chi connectivity index (χ1n) is 10.1. The highest BCUT2D eigenvalue weighted by Crippen LogP contribution is 2.34. The first-order chi connectivity index (χ1) is 15.8. The van der Waals surface area contributed by atoms with E-state index in [1.807, 2.05) is 0 Å². The van der Waals surface area contributed by atoms with Gasteiger partial charge in [0.15, 0.2) is 11.5 Å². The van der Waals surface area contributed by atoms with Gasteiger partial charge in [0.2, 0.25) is 5.91 Å². The van der Waals surface area contributed by atoms with Gasteiger partial charge in [0.25, 0.3) is 11.1 Å². The van der Waals surface area contributed by atoms with Gasteiger partial charge in [-0.2, -0.15) is 0 Å². The number of anilines is 1. The number of ether oxygens (including phenoxy) is 2. The average Bonchev–Trinajstić information content (AvgIpc) is 3.04. The molecule has 2 aromatic carbocycles. The fraction of sp³-hybridized carbons (Fsp3) is 0.261. The number of nitrogens with one attached hydrogen (secondary N) is 1. The largest absolute Gasteiger partial charge is 0.493 e. The van der Waals surface area contributed by atoms with E-state index in [9.17, 15) is 18.8 Å². The zero-order valence-electron chi connectivity index (χ0n) is 18.0. The normalized spacial score (nSPS) is 14.7. The van der Waals surface area contributed by atoms with E-state index in [4.69, 9.17) is 21.1 Å². The summed E-state index contributed by atoms with van der Waals surface area (Å²) >= 11 is 6.44. The van der Waals surface area contributed by atoms with Crippen LogP contribution in [0.5, 0.6) is 11.5 Å². The number of thioether (sulfide) groups is 1. The standard InChI is InChI=1S/C23H22ClFN2O5S/c1-3-4-9-32-18-8-5-14(10-19(18)31-2)11-20-22(29)27(23(30)33-20)13-21(28)26-15-6-7-17(25)16(24)12-15/h5-8,10-12H,3-4,9,13H2,1-2H3,(H,26,28)/b20-11-. The minimum atomic E-state index is -0.622. The molecule has 0 bridgehead atoms. The molecular formula is C23H22ClFN2O5S. The molecule has 0 aliphatic carbocycles. The number of halogens is 2. The van der Waals surface area contributed by atoms with Crippen LogP contribution in [0.2, 0.25) is 5.02 Å². The van der Waals surface area contributed by atoms with Gasteiger partial charge in [0.1, 0.15) is 12.4 Å². The number of benzene rings is 2. The van der Waals surface area contributed by atoms with E-state index in [-0.39, 0.29) is 15.6 Å². The lowest BCUT2D eigenvalue weighted by Crippen LogP contribution is -2.36. The third-order valence-electron chi connectivity index (χ3n) is 4.62. The summed E-state index contributed by atoms with van der Waals surface area (Å²) in [6.07, 6.45) is 3.48. The summed E-state index contributed by atoms with van der Waals surface area (Å²) in [4.78, 5) is 38.4. The van der Waals surface area contributed by atoms with Crippen LogP contribution in [-0.4, -0.2) is 42.2 Å². The number of unbranched alkanes of at least 4 members (excludes halogenated alkanes) is 1. The van der Waals surface area contributed by atoms with E-state index in [0.29, 0.717) is 23.7 Å². The summed E-state index contributed by atoms with van der Waals surface area (Å²) in [5.74, 6) is -0.718. The van der Waals surface area contributed by atoms with Crippen LogP contribution in [0.3, 0.4) is 0 Å². The molecule has 0 aromatic heterocycles. The molecule has 33 heavy (non-hydrogen) atoms. The number of rotatable bonds is 9. The third kappa shape index (κ3) is 6.27. The Morgan fingerprint density at radius 2 is 2.00 bits per heavy atom. The van der Waals surface area contributed by atoms with Crippen LogP contribution in [0.15, 0.2) is 41.3 Å². The van der Waals surface area contributed by atoms with Crippen LogP contribution < -0.4 is 14.8 Å². The van der Waals surface area contributed by atoms with Gasteiger partial charge in [-0.1, -0.05) is 31.0 Å². The molecule has 3 rings (SSSR count). The molecule has 0 saturated carbocycles. The molecule has 1 saturated heterocycles. The van der Waals surface area contributed by atoms with Crippen molar-refractivity contribution in [2.24, 2.45) is 0 Å². The Morgan fingerprint density at radius 1 is 1.21 bits per heavy atom. The predicted molar refractivity (Wildman–Crippen MR) is 126 cm³/mol. The van der Waals surface area contributed by atoms with Gasteiger partial charge in [-0.15, -0.1) is 0 Å². The van der Waals surface area contributed by atoms with E-state index in [0.717, 1.165) is 35.6 Å². The van der Waals surface area contributed by atoms with Crippen molar-refractivity contribution in [2.45, 2.75) is 19.8 Å². The van der Waals surface area contributed by atoms with Gasteiger partial charge in [-0.25, -0.2) is 4.39 Å². The second kappa shape index (κ2) is 11.2. The van der Waals surface area contributed by atoms with Crippen molar-refractivity contribution in [3.8, 4) is 11.5 Å². The topological polar surface area (TPSA) is 84.9 Å². The molecule has 10 heteroatoms. The molecule has 7 nitrogen and oxygen atoms in total. The average molecular weight is 493 g/mol. The van der Waals surface area contributed by atoms with E-state index < -0.39 is 29.4 Å². The fourth-order valence-corrected chi connectivity index (χ4v) is 3.94. The molecule has 1 aliphatic heterocycles. The third-order valence-corrected chi connectivity index (χ3v) is 5.82. The monoisotopic (exact) mass is 492 g/mol. The summed E-state index contributed by atoms with van der Waals surface area (Å²) in [7, 11) is 1.52. The molecule has 1 N–H and O–H groups in total. The zero-order valence-corrected chi connectivity index (χ0v) is 19.6. The summed E-state index contributed by atoms with van der Waals surface area (Å²) in [6, 6.07) is 8.88.